The van der Waals surface area contributed by atoms with E-state index in [0.717, 1.165) is 0 Å². The first-order valence-corrected chi connectivity index (χ1v) is 5.78. The average molecular weight is 284 g/mol. The third-order valence-electron chi connectivity index (χ3n) is 2.76. The zero-order valence-corrected chi connectivity index (χ0v) is 11.4. The zero-order chi connectivity index (χ0) is 15.3. The lowest BCUT2D eigenvalue weighted by Crippen LogP contribution is -2.15. The van der Waals surface area contributed by atoms with E-state index in [1.807, 2.05) is 0 Å². The molecule has 1 rings (SSSR count). The predicted molar refractivity (Wildman–Crippen MR) is 70.3 cm³/mol. The second kappa shape index (κ2) is 6.71. The van der Waals surface area contributed by atoms with Crippen molar-refractivity contribution in [3.8, 4) is 11.5 Å². The Hall–Kier alpha value is -2.35. The van der Waals surface area contributed by atoms with E-state index in [1.54, 1.807) is 14.0 Å². The summed E-state index contributed by atoms with van der Waals surface area (Å²) in [7, 11) is 3.05. The van der Waals surface area contributed by atoms with Gasteiger partial charge in [0.25, 0.3) is 5.69 Å². The summed E-state index contributed by atoms with van der Waals surface area (Å²) in [5.74, 6) is -0.912. The molecule has 0 saturated carbocycles. The van der Waals surface area contributed by atoms with Gasteiger partial charge in [-0.3, -0.25) is 10.1 Å². The molecule has 2 N–H and O–H groups in total. The highest BCUT2D eigenvalue weighted by Gasteiger charge is 2.23. The molecule has 0 aromatic heterocycles. The third kappa shape index (κ3) is 3.58. The highest BCUT2D eigenvalue weighted by molar-refractivity contribution is 5.69. The number of carbonyl (C=O) groups is 1. The Bertz CT molecular complexity index is 517. The van der Waals surface area contributed by atoms with Crippen LogP contribution >= 0.6 is 0 Å². The smallest absolute Gasteiger partial charge is 0.341 e. The third-order valence-corrected chi connectivity index (χ3v) is 2.76. The molecular weight excluding hydrogens is 268 g/mol. The summed E-state index contributed by atoms with van der Waals surface area (Å²) in [4.78, 5) is 21.1. The lowest BCUT2D eigenvalue weighted by atomic mass is 10.1. The first-order chi connectivity index (χ1) is 9.40. The Morgan fingerprint density at radius 3 is 2.60 bits per heavy atom. The van der Waals surface area contributed by atoms with Crippen molar-refractivity contribution in [2.45, 2.75) is 13.0 Å². The van der Waals surface area contributed by atoms with E-state index in [4.69, 9.17) is 14.6 Å². The van der Waals surface area contributed by atoms with Gasteiger partial charge in [-0.05, 0) is 20.0 Å². The number of carboxylic acids is 1. The molecule has 20 heavy (non-hydrogen) atoms. The first-order valence-electron chi connectivity index (χ1n) is 5.78. The SMILES string of the molecule is CNC(C)c1cc(OC)c(OCC(=O)O)cc1[N+](=O)[O-]. The van der Waals surface area contributed by atoms with Gasteiger partial charge in [0, 0.05) is 6.04 Å². The van der Waals surface area contributed by atoms with Crippen molar-refractivity contribution < 1.29 is 24.3 Å². The Morgan fingerprint density at radius 1 is 1.50 bits per heavy atom. The van der Waals surface area contributed by atoms with Gasteiger partial charge < -0.3 is 19.9 Å². The summed E-state index contributed by atoms with van der Waals surface area (Å²) in [6.07, 6.45) is 0. The van der Waals surface area contributed by atoms with Gasteiger partial charge in [0.1, 0.15) is 0 Å². The van der Waals surface area contributed by atoms with Crippen LogP contribution < -0.4 is 14.8 Å². The van der Waals surface area contributed by atoms with E-state index in [1.165, 1.54) is 19.2 Å². The van der Waals surface area contributed by atoms with Crippen LogP contribution in [-0.2, 0) is 4.79 Å². The molecular formula is C12H16N2O6. The first kappa shape index (κ1) is 15.7. The molecule has 8 nitrogen and oxygen atoms in total. The number of nitrogens with one attached hydrogen (secondary N) is 1. The monoisotopic (exact) mass is 284 g/mol. The second-order valence-corrected chi connectivity index (χ2v) is 4.01. The maximum atomic E-state index is 11.1. The van der Waals surface area contributed by atoms with Crippen LogP contribution in [0.2, 0.25) is 0 Å². The molecule has 1 aromatic rings. The van der Waals surface area contributed by atoms with E-state index in [0.29, 0.717) is 5.56 Å². The molecule has 8 heteroatoms. The van der Waals surface area contributed by atoms with Gasteiger partial charge in [0.2, 0.25) is 0 Å². The fraction of sp³-hybridized carbons (Fsp3) is 0.417. The number of aliphatic carboxylic acids is 1. The van der Waals surface area contributed by atoms with Crippen molar-refractivity contribution in [2.75, 3.05) is 20.8 Å². The van der Waals surface area contributed by atoms with Crippen molar-refractivity contribution in [3.63, 3.8) is 0 Å². The lowest BCUT2D eigenvalue weighted by molar-refractivity contribution is -0.385. The summed E-state index contributed by atoms with van der Waals surface area (Å²) < 4.78 is 10.1. The number of rotatable bonds is 7. The summed E-state index contributed by atoms with van der Waals surface area (Å²) in [6.45, 7) is 1.16. The molecule has 0 aliphatic carbocycles. The van der Waals surface area contributed by atoms with Crippen molar-refractivity contribution in [1.82, 2.24) is 5.32 Å². The molecule has 0 aliphatic rings. The van der Waals surface area contributed by atoms with Gasteiger partial charge in [-0.15, -0.1) is 0 Å². The van der Waals surface area contributed by atoms with E-state index in [-0.39, 0.29) is 23.2 Å². The van der Waals surface area contributed by atoms with Gasteiger partial charge in [-0.1, -0.05) is 0 Å². The molecule has 0 saturated heterocycles. The maximum Gasteiger partial charge on any atom is 0.341 e. The predicted octanol–water partition coefficient (Wildman–Crippen LogP) is 1.35. The quantitative estimate of drug-likeness (QED) is 0.574. The number of hydrogen-bond acceptors (Lipinski definition) is 6. The van der Waals surface area contributed by atoms with Crippen LogP contribution in [0.25, 0.3) is 0 Å². The highest BCUT2D eigenvalue weighted by atomic mass is 16.6. The summed E-state index contributed by atoms with van der Waals surface area (Å²) >= 11 is 0. The number of ether oxygens (including phenoxy) is 2. The van der Waals surface area contributed by atoms with Crippen molar-refractivity contribution in [1.29, 1.82) is 0 Å². The number of carboxylic acid groups (broad SMARTS) is 1. The second-order valence-electron chi connectivity index (χ2n) is 4.01. The molecule has 110 valence electrons. The van der Waals surface area contributed by atoms with Crippen LogP contribution in [0.5, 0.6) is 11.5 Å². The van der Waals surface area contributed by atoms with E-state index >= 15 is 0 Å². The van der Waals surface area contributed by atoms with Crippen molar-refractivity contribution in [3.05, 3.63) is 27.8 Å². The van der Waals surface area contributed by atoms with Crippen LogP contribution in [0.3, 0.4) is 0 Å². The molecule has 0 amide bonds. The van der Waals surface area contributed by atoms with Gasteiger partial charge in [0.05, 0.1) is 23.7 Å². The van der Waals surface area contributed by atoms with Crippen molar-refractivity contribution in [2.24, 2.45) is 0 Å². The Balaban J connectivity index is 3.29. The van der Waals surface area contributed by atoms with Crippen molar-refractivity contribution >= 4 is 11.7 Å². The standard InChI is InChI=1S/C12H16N2O6/c1-7(13-2)8-4-10(19-3)11(20-6-12(15)16)5-9(8)14(17)18/h4-5,7,13H,6H2,1-3H3,(H,15,16). The van der Waals surface area contributed by atoms with Crippen LogP contribution in [0.4, 0.5) is 5.69 Å². The lowest BCUT2D eigenvalue weighted by Gasteiger charge is -2.15. The van der Waals surface area contributed by atoms with Gasteiger partial charge >= 0.3 is 5.97 Å². The van der Waals surface area contributed by atoms with E-state index < -0.39 is 17.5 Å². The van der Waals surface area contributed by atoms with Gasteiger partial charge in [-0.2, -0.15) is 0 Å². The number of hydrogen-bond donors (Lipinski definition) is 2. The summed E-state index contributed by atoms with van der Waals surface area (Å²) in [5.41, 5.74) is 0.269. The molecule has 1 aromatic carbocycles. The minimum Gasteiger partial charge on any atom is -0.493 e. The Kier molecular flexibility index (Phi) is 5.27. The topological polar surface area (TPSA) is 111 Å². The van der Waals surface area contributed by atoms with Crippen LogP contribution in [-0.4, -0.2) is 36.8 Å². The Morgan fingerprint density at radius 2 is 2.15 bits per heavy atom. The molecule has 0 fully saturated rings. The number of methoxy groups -OCH3 is 1. The fourth-order valence-corrected chi connectivity index (χ4v) is 1.64. The van der Waals surface area contributed by atoms with E-state index in [9.17, 15) is 14.9 Å². The summed E-state index contributed by atoms with van der Waals surface area (Å²) in [6, 6.07) is 2.37. The van der Waals surface area contributed by atoms with Gasteiger partial charge in [-0.25, -0.2) is 4.79 Å². The average Bonchev–Trinajstić information content (AvgIpc) is 2.42. The van der Waals surface area contributed by atoms with Crippen LogP contribution in [0.15, 0.2) is 12.1 Å². The summed E-state index contributed by atoms with van der Waals surface area (Å²) in [5, 5.41) is 22.6. The maximum absolute atomic E-state index is 11.1. The number of benzene rings is 1. The largest absolute Gasteiger partial charge is 0.493 e. The van der Waals surface area contributed by atoms with Crippen LogP contribution in [0.1, 0.15) is 18.5 Å². The van der Waals surface area contributed by atoms with E-state index in [2.05, 4.69) is 5.32 Å². The fourth-order valence-electron chi connectivity index (χ4n) is 1.64. The molecule has 1 unspecified atom stereocenters. The number of nitro groups is 1. The minimum absolute atomic E-state index is 0.0219. The number of nitro benzene ring substituents is 1. The molecule has 0 bridgehead atoms. The molecule has 0 heterocycles. The molecule has 1 atom stereocenters. The minimum atomic E-state index is -1.18. The molecule has 0 aliphatic heterocycles. The zero-order valence-electron chi connectivity index (χ0n) is 11.4. The normalized spacial score (nSPS) is 11.8. The van der Waals surface area contributed by atoms with Gasteiger partial charge in [0.15, 0.2) is 18.1 Å². The van der Waals surface area contributed by atoms with Crippen LogP contribution in [0, 0.1) is 10.1 Å². The Labute approximate surface area is 115 Å². The molecule has 0 radical (unpaired) electrons. The highest BCUT2D eigenvalue weighted by Crippen LogP contribution is 2.37. The number of nitrogens with zero attached hydrogens (tertiary/aromatic N) is 1. The molecule has 0 spiro atoms.